The molecule has 4 heteroatoms. The molecule has 142 valence electrons. The van der Waals surface area contributed by atoms with Crippen LogP contribution < -0.4 is 10.2 Å². The van der Waals surface area contributed by atoms with Crippen molar-refractivity contribution in [2.45, 2.75) is 57.4 Å². The van der Waals surface area contributed by atoms with E-state index in [1.807, 2.05) is 12.1 Å². The maximum atomic E-state index is 11.7. The number of likely N-dealkylation sites (tertiary alicyclic amines) is 1. The number of carbonyl (C=O) groups is 1. The number of rotatable bonds is 3. The first kappa shape index (κ1) is 17.8. The van der Waals surface area contributed by atoms with Crippen LogP contribution in [-0.4, -0.2) is 50.1 Å². The lowest BCUT2D eigenvalue weighted by Gasteiger charge is -2.43. The van der Waals surface area contributed by atoms with Gasteiger partial charge in [-0.25, -0.2) is 0 Å². The van der Waals surface area contributed by atoms with Gasteiger partial charge in [-0.1, -0.05) is 6.42 Å². The Morgan fingerprint density at radius 1 is 0.962 bits per heavy atom. The highest BCUT2D eigenvalue weighted by atomic mass is 16.1. The van der Waals surface area contributed by atoms with E-state index < -0.39 is 0 Å². The molecule has 1 amide bonds. The van der Waals surface area contributed by atoms with E-state index in [1.54, 1.807) is 7.05 Å². The van der Waals surface area contributed by atoms with Crippen molar-refractivity contribution in [3.63, 3.8) is 0 Å². The molecule has 1 aliphatic carbocycles. The van der Waals surface area contributed by atoms with E-state index in [2.05, 4.69) is 27.2 Å². The van der Waals surface area contributed by atoms with Gasteiger partial charge in [-0.3, -0.25) is 4.79 Å². The number of nitrogens with zero attached hydrogens (tertiary/aromatic N) is 2. The van der Waals surface area contributed by atoms with Crippen LogP contribution in [0.25, 0.3) is 0 Å². The van der Waals surface area contributed by atoms with Crippen molar-refractivity contribution in [3.8, 4) is 0 Å². The van der Waals surface area contributed by atoms with Crippen molar-refractivity contribution in [1.29, 1.82) is 0 Å². The predicted molar refractivity (Wildman–Crippen MR) is 107 cm³/mol. The largest absolute Gasteiger partial charge is 0.371 e. The number of nitrogens with one attached hydrogen (secondary N) is 1. The van der Waals surface area contributed by atoms with Gasteiger partial charge in [-0.05, 0) is 87.7 Å². The molecule has 0 radical (unpaired) electrons. The number of benzene rings is 1. The Hall–Kier alpha value is -1.55. The number of hydrogen-bond donors (Lipinski definition) is 1. The molecule has 2 saturated heterocycles. The number of carbonyl (C=O) groups excluding carboxylic acids is 1. The minimum atomic E-state index is -0.0105. The molecule has 4 rings (SSSR count). The first-order valence-corrected chi connectivity index (χ1v) is 10.5. The number of amides is 1. The molecule has 4 nitrogen and oxygen atoms in total. The van der Waals surface area contributed by atoms with Crippen LogP contribution in [-0.2, 0) is 0 Å². The third-order valence-corrected chi connectivity index (χ3v) is 7.22. The summed E-state index contributed by atoms with van der Waals surface area (Å²) in [6.07, 6.45) is 11.2. The normalized spacial score (nSPS) is 24.1. The van der Waals surface area contributed by atoms with Gasteiger partial charge in [0, 0.05) is 37.4 Å². The minimum Gasteiger partial charge on any atom is -0.371 e. The van der Waals surface area contributed by atoms with Crippen LogP contribution in [0.3, 0.4) is 0 Å². The van der Waals surface area contributed by atoms with E-state index >= 15 is 0 Å². The van der Waals surface area contributed by atoms with Gasteiger partial charge in [-0.2, -0.15) is 0 Å². The maximum Gasteiger partial charge on any atom is 0.251 e. The predicted octanol–water partition coefficient (Wildman–Crippen LogP) is 3.67. The van der Waals surface area contributed by atoms with Gasteiger partial charge in [0.05, 0.1) is 0 Å². The van der Waals surface area contributed by atoms with Crippen molar-refractivity contribution in [2.24, 2.45) is 5.41 Å². The van der Waals surface area contributed by atoms with E-state index in [4.69, 9.17) is 0 Å². The number of piperidine rings is 1. The Labute approximate surface area is 157 Å². The van der Waals surface area contributed by atoms with Gasteiger partial charge in [0.1, 0.15) is 0 Å². The lowest BCUT2D eigenvalue weighted by Crippen LogP contribution is -2.42. The van der Waals surface area contributed by atoms with Crippen LogP contribution in [0.1, 0.15) is 61.7 Å². The fourth-order valence-corrected chi connectivity index (χ4v) is 5.10. The quantitative estimate of drug-likeness (QED) is 0.898. The fourth-order valence-electron chi connectivity index (χ4n) is 5.10. The summed E-state index contributed by atoms with van der Waals surface area (Å²) in [5, 5.41) is 2.69. The van der Waals surface area contributed by atoms with Gasteiger partial charge in [-0.15, -0.1) is 0 Å². The molecular formula is C22H33N3O. The summed E-state index contributed by atoms with van der Waals surface area (Å²) in [5.74, 6) is -0.0105. The molecule has 1 saturated carbocycles. The summed E-state index contributed by atoms with van der Waals surface area (Å²) in [4.78, 5) is 17.0. The molecule has 0 unspecified atom stereocenters. The first-order chi connectivity index (χ1) is 12.7. The van der Waals surface area contributed by atoms with Crippen LogP contribution in [0.4, 0.5) is 5.69 Å². The summed E-state index contributed by atoms with van der Waals surface area (Å²) in [6, 6.07) is 9.01. The molecule has 1 spiro atoms. The van der Waals surface area contributed by atoms with Crippen LogP contribution in [0, 0.1) is 5.41 Å². The maximum absolute atomic E-state index is 11.7. The average molecular weight is 356 g/mol. The second kappa shape index (κ2) is 7.59. The highest BCUT2D eigenvalue weighted by Gasteiger charge is 2.37. The zero-order chi connectivity index (χ0) is 18.0. The Bertz CT molecular complexity index is 615. The average Bonchev–Trinajstić information content (AvgIpc) is 2.84. The lowest BCUT2D eigenvalue weighted by molar-refractivity contribution is 0.0963. The standard InChI is InChI=1S/C22H33N3O/c1-23-21(26)18-6-8-20(9-7-18)25-16-12-22(13-17-25)10-3-14-24(15-11-22)19-4-2-5-19/h6-9,19H,2-5,10-17H2,1H3,(H,23,26). The van der Waals surface area contributed by atoms with Crippen LogP contribution in [0.15, 0.2) is 24.3 Å². The summed E-state index contributed by atoms with van der Waals surface area (Å²) in [7, 11) is 1.68. The minimum absolute atomic E-state index is 0.0105. The smallest absolute Gasteiger partial charge is 0.251 e. The second-order valence-electron chi connectivity index (χ2n) is 8.59. The summed E-state index contributed by atoms with van der Waals surface area (Å²) >= 11 is 0. The summed E-state index contributed by atoms with van der Waals surface area (Å²) in [5.41, 5.74) is 2.58. The Morgan fingerprint density at radius 3 is 2.27 bits per heavy atom. The first-order valence-electron chi connectivity index (χ1n) is 10.5. The molecule has 0 atom stereocenters. The van der Waals surface area contributed by atoms with Gasteiger partial charge < -0.3 is 15.1 Å². The van der Waals surface area contributed by atoms with Crippen molar-refractivity contribution >= 4 is 11.6 Å². The lowest BCUT2D eigenvalue weighted by atomic mass is 9.73. The highest BCUT2D eigenvalue weighted by Crippen LogP contribution is 2.43. The molecule has 0 aromatic heterocycles. The molecule has 1 N–H and O–H groups in total. The third-order valence-electron chi connectivity index (χ3n) is 7.22. The number of anilines is 1. The van der Waals surface area contributed by atoms with Crippen LogP contribution in [0.2, 0.25) is 0 Å². The van der Waals surface area contributed by atoms with Crippen LogP contribution >= 0.6 is 0 Å². The Balaban J connectivity index is 1.34. The molecule has 2 heterocycles. The SMILES string of the molecule is CNC(=O)c1ccc(N2CCC3(CCCN(C4CCC4)CC3)CC2)cc1. The molecule has 0 bridgehead atoms. The van der Waals surface area contributed by atoms with Crippen molar-refractivity contribution in [3.05, 3.63) is 29.8 Å². The molecule has 2 aliphatic heterocycles. The fraction of sp³-hybridized carbons (Fsp3) is 0.682. The summed E-state index contributed by atoms with van der Waals surface area (Å²) < 4.78 is 0. The van der Waals surface area contributed by atoms with E-state index in [9.17, 15) is 4.79 Å². The zero-order valence-corrected chi connectivity index (χ0v) is 16.2. The number of hydrogen-bond acceptors (Lipinski definition) is 3. The van der Waals surface area contributed by atoms with Crippen molar-refractivity contribution in [1.82, 2.24) is 10.2 Å². The van der Waals surface area contributed by atoms with E-state index in [1.165, 1.54) is 70.1 Å². The van der Waals surface area contributed by atoms with Crippen molar-refractivity contribution in [2.75, 3.05) is 38.1 Å². The van der Waals surface area contributed by atoms with Crippen LogP contribution in [0.5, 0.6) is 0 Å². The van der Waals surface area contributed by atoms with E-state index in [-0.39, 0.29) is 5.91 Å². The second-order valence-corrected chi connectivity index (χ2v) is 8.59. The molecule has 3 fully saturated rings. The van der Waals surface area contributed by atoms with E-state index in [0.717, 1.165) is 24.7 Å². The molecule has 26 heavy (non-hydrogen) atoms. The van der Waals surface area contributed by atoms with Gasteiger partial charge in [0.2, 0.25) is 0 Å². The molecule has 1 aromatic carbocycles. The molecular weight excluding hydrogens is 322 g/mol. The Morgan fingerprint density at radius 2 is 1.65 bits per heavy atom. The van der Waals surface area contributed by atoms with E-state index in [0.29, 0.717) is 5.41 Å². The highest BCUT2D eigenvalue weighted by molar-refractivity contribution is 5.94. The zero-order valence-electron chi connectivity index (χ0n) is 16.2. The topological polar surface area (TPSA) is 35.6 Å². The molecule has 1 aromatic rings. The summed E-state index contributed by atoms with van der Waals surface area (Å²) in [6.45, 7) is 4.97. The van der Waals surface area contributed by atoms with Gasteiger partial charge in [0.15, 0.2) is 0 Å². The van der Waals surface area contributed by atoms with Gasteiger partial charge in [0.25, 0.3) is 5.91 Å². The molecule has 3 aliphatic rings. The Kier molecular flexibility index (Phi) is 5.21. The third kappa shape index (κ3) is 3.62. The van der Waals surface area contributed by atoms with Gasteiger partial charge >= 0.3 is 0 Å². The monoisotopic (exact) mass is 355 g/mol. The van der Waals surface area contributed by atoms with Crippen molar-refractivity contribution < 1.29 is 4.79 Å².